The number of aromatic nitrogens is 1. The van der Waals surface area contributed by atoms with Gasteiger partial charge in [0, 0.05) is 43.4 Å². The maximum atomic E-state index is 12.1. The van der Waals surface area contributed by atoms with Gasteiger partial charge in [0.05, 0.1) is 0 Å². The summed E-state index contributed by atoms with van der Waals surface area (Å²) in [6.07, 6.45) is 8.23. The van der Waals surface area contributed by atoms with Crippen LogP contribution in [-0.2, 0) is 6.42 Å². The Morgan fingerprint density at radius 3 is 2.84 bits per heavy atom. The molecule has 0 atom stereocenters. The molecule has 0 spiro atoms. The predicted molar refractivity (Wildman–Crippen MR) is 102 cm³/mol. The van der Waals surface area contributed by atoms with Gasteiger partial charge in [-0.15, -0.1) is 0 Å². The molecule has 0 aliphatic carbocycles. The Kier molecular flexibility index (Phi) is 5.88. The molecule has 1 aromatic heterocycles. The number of benzene rings is 1. The zero-order valence-corrected chi connectivity index (χ0v) is 14.8. The molecule has 0 radical (unpaired) electrons. The van der Waals surface area contributed by atoms with Crippen LogP contribution in [0.1, 0.15) is 30.4 Å². The molecule has 0 saturated carbocycles. The molecule has 2 N–H and O–H groups in total. The van der Waals surface area contributed by atoms with E-state index in [0.717, 1.165) is 30.8 Å². The summed E-state index contributed by atoms with van der Waals surface area (Å²) in [4.78, 5) is 18.6. The van der Waals surface area contributed by atoms with E-state index < -0.39 is 0 Å². The van der Waals surface area contributed by atoms with Gasteiger partial charge < -0.3 is 15.5 Å². The molecule has 5 nitrogen and oxygen atoms in total. The highest BCUT2D eigenvalue weighted by Crippen LogP contribution is 2.22. The van der Waals surface area contributed by atoms with Crippen molar-refractivity contribution in [1.29, 1.82) is 0 Å². The van der Waals surface area contributed by atoms with E-state index in [1.54, 1.807) is 6.20 Å². The fourth-order valence-electron chi connectivity index (χ4n) is 3.20. The number of carbonyl (C=O) groups excluding carboxylic acids is 1. The lowest BCUT2D eigenvalue weighted by Gasteiger charge is -2.29. The Balaban J connectivity index is 1.50. The van der Waals surface area contributed by atoms with E-state index in [1.807, 2.05) is 31.3 Å². The van der Waals surface area contributed by atoms with E-state index >= 15 is 0 Å². The second kappa shape index (κ2) is 8.51. The van der Waals surface area contributed by atoms with Crippen molar-refractivity contribution in [2.75, 3.05) is 29.9 Å². The minimum Gasteiger partial charge on any atom is -0.371 e. The molecule has 2 heterocycles. The standard InChI is InChI=1S/C20H26N4O/c1-16-15-21-10-8-17(16)9-11-22-20(25)23-18-6-5-7-19(14-18)24-12-3-2-4-13-24/h5-8,10,14-15H,2-4,9,11-13H2,1H3,(H2,22,23,25). The molecule has 2 aromatic rings. The number of aryl methyl sites for hydroxylation is 1. The molecule has 1 saturated heterocycles. The van der Waals surface area contributed by atoms with Crippen molar-refractivity contribution in [3.63, 3.8) is 0 Å². The van der Waals surface area contributed by atoms with Crippen molar-refractivity contribution >= 4 is 17.4 Å². The molecular formula is C20H26N4O. The van der Waals surface area contributed by atoms with Gasteiger partial charge in [0.15, 0.2) is 0 Å². The average Bonchev–Trinajstić information content (AvgIpc) is 2.64. The first-order valence-electron chi connectivity index (χ1n) is 9.02. The Labute approximate surface area is 149 Å². The van der Waals surface area contributed by atoms with Crippen LogP contribution >= 0.6 is 0 Å². The molecule has 1 aliphatic rings. The van der Waals surface area contributed by atoms with E-state index in [4.69, 9.17) is 0 Å². The van der Waals surface area contributed by atoms with Gasteiger partial charge in [0.25, 0.3) is 0 Å². The minimum atomic E-state index is -0.164. The number of carbonyl (C=O) groups is 1. The highest BCUT2D eigenvalue weighted by Gasteiger charge is 2.11. The summed E-state index contributed by atoms with van der Waals surface area (Å²) in [6.45, 7) is 4.83. The molecule has 1 aliphatic heterocycles. The quantitative estimate of drug-likeness (QED) is 0.873. The van der Waals surface area contributed by atoms with Crippen molar-refractivity contribution in [2.24, 2.45) is 0 Å². The van der Waals surface area contributed by atoms with Gasteiger partial charge in [0.1, 0.15) is 0 Å². The van der Waals surface area contributed by atoms with Gasteiger partial charge in [-0.05, 0) is 68.0 Å². The van der Waals surface area contributed by atoms with Crippen molar-refractivity contribution in [3.8, 4) is 0 Å². The molecule has 0 unspecified atom stereocenters. The van der Waals surface area contributed by atoms with Crippen LogP contribution in [0.5, 0.6) is 0 Å². The van der Waals surface area contributed by atoms with Gasteiger partial charge in [0.2, 0.25) is 0 Å². The number of amides is 2. The maximum absolute atomic E-state index is 12.1. The molecule has 25 heavy (non-hydrogen) atoms. The third-order valence-electron chi connectivity index (χ3n) is 4.64. The highest BCUT2D eigenvalue weighted by atomic mass is 16.2. The molecule has 0 bridgehead atoms. The summed E-state index contributed by atoms with van der Waals surface area (Å²) < 4.78 is 0. The fraction of sp³-hybridized carbons (Fsp3) is 0.400. The topological polar surface area (TPSA) is 57.3 Å². The molecule has 3 rings (SSSR count). The number of pyridine rings is 1. The third-order valence-corrected chi connectivity index (χ3v) is 4.64. The average molecular weight is 338 g/mol. The van der Waals surface area contributed by atoms with Gasteiger partial charge in [-0.1, -0.05) is 6.07 Å². The Bertz CT molecular complexity index is 710. The molecule has 2 amide bonds. The van der Waals surface area contributed by atoms with Gasteiger partial charge in [-0.3, -0.25) is 4.98 Å². The van der Waals surface area contributed by atoms with Crippen molar-refractivity contribution < 1.29 is 4.79 Å². The van der Waals surface area contributed by atoms with Crippen LogP contribution in [0.4, 0.5) is 16.2 Å². The molecule has 1 aromatic carbocycles. The largest absolute Gasteiger partial charge is 0.371 e. The Morgan fingerprint density at radius 2 is 2.04 bits per heavy atom. The van der Waals surface area contributed by atoms with E-state index in [9.17, 15) is 4.79 Å². The number of hydrogen-bond acceptors (Lipinski definition) is 3. The third kappa shape index (κ3) is 4.95. The fourth-order valence-corrected chi connectivity index (χ4v) is 3.20. The van der Waals surface area contributed by atoms with E-state index in [2.05, 4.69) is 32.7 Å². The Morgan fingerprint density at radius 1 is 1.20 bits per heavy atom. The maximum Gasteiger partial charge on any atom is 0.319 e. The van der Waals surface area contributed by atoms with Crippen LogP contribution in [0.3, 0.4) is 0 Å². The number of urea groups is 1. The number of rotatable bonds is 5. The summed E-state index contributed by atoms with van der Waals surface area (Å²) in [7, 11) is 0. The molecule has 5 heteroatoms. The lowest BCUT2D eigenvalue weighted by molar-refractivity contribution is 0.252. The zero-order valence-electron chi connectivity index (χ0n) is 14.8. The lowest BCUT2D eigenvalue weighted by atomic mass is 10.1. The highest BCUT2D eigenvalue weighted by molar-refractivity contribution is 5.89. The Hall–Kier alpha value is -2.56. The van der Waals surface area contributed by atoms with Crippen molar-refractivity contribution in [3.05, 3.63) is 53.9 Å². The number of hydrogen-bond donors (Lipinski definition) is 2. The zero-order chi connectivity index (χ0) is 17.5. The van der Waals surface area contributed by atoms with Crippen molar-refractivity contribution in [2.45, 2.75) is 32.6 Å². The summed E-state index contributed by atoms with van der Waals surface area (Å²) in [5.74, 6) is 0. The van der Waals surface area contributed by atoms with Crippen LogP contribution in [0.25, 0.3) is 0 Å². The van der Waals surface area contributed by atoms with Gasteiger partial charge >= 0.3 is 6.03 Å². The van der Waals surface area contributed by atoms with Crippen LogP contribution in [0.2, 0.25) is 0 Å². The van der Waals surface area contributed by atoms with Gasteiger partial charge in [-0.2, -0.15) is 0 Å². The minimum absolute atomic E-state index is 0.164. The summed E-state index contributed by atoms with van der Waals surface area (Å²) in [6, 6.07) is 9.93. The second-order valence-electron chi connectivity index (χ2n) is 6.53. The molecule has 1 fully saturated rings. The monoisotopic (exact) mass is 338 g/mol. The van der Waals surface area contributed by atoms with E-state index in [-0.39, 0.29) is 6.03 Å². The summed E-state index contributed by atoms with van der Waals surface area (Å²) in [5.41, 5.74) is 4.38. The summed E-state index contributed by atoms with van der Waals surface area (Å²) >= 11 is 0. The van der Waals surface area contributed by atoms with E-state index in [0.29, 0.717) is 6.54 Å². The normalized spacial score (nSPS) is 14.2. The predicted octanol–water partition coefficient (Wildman–Crippen LogP) is 3.74. The van der Waals surface area contributed by atoms with Crippen LogP contribution in [-0.4, -0.2) is 30.6 Å². The number of piperidine rings is 1. The second-order valence-corrected chi connectivity index (χ2v) is 6.53. The summed E-state index contributed by atoms with van der Waals surface area (Å²) in [5, 5.41) is 5.86. The first kappa shape index (κ1) is 17.3. The number of nitrogens with zero attached hydrogens (tertiary/aromatic N) is 2. The van der Waals surface area contributed by atoms with E-state index in [1.165, 1.54) is 30.5 Å². The first-order valence-corrected chi connectivity index (χ1v) is 9.02. The van der Waals surface area contributed by atoms with Crippen molar-refractivity contribution in [1.82, 2.24) is 10.3 Å². The number of nitrogens with one attached hydrogen (secondary N) is 2. The molecule has 132 valence electrons. The van der Waals surface area contributed by atoms with Gasteiger partial charge in [-0.25, -0.2) is 4.79 Å². The van der Waals surface area contributed by atoms with Crippen LogP contribution < -0.4 is 15.5 Å². The van der Waals surface area contributed by atoms with Crippen LogP contribution in [0, 0.1) is 6.92 Å². The number of anilines is 2. The lowest BCUT2D eigenvalue weighted by Crippen LogP contribution is -2.31. The smallest absolute Gasteiger partial charge is 0.319 e. The van der Waals surface area contributed by atoms with Crippen LogP contribution in [0.15, 0.2) is 42.7 Å². The first-order chi connectivity index (χ1) is 12.2. The molecular weight excluding hydrogens is 312 g/mol. The SMILES string of the molecule is Cc1cnccc1CCNC(=O)Nc1cccc(N2CCCCC2)c1.